The Labute approximate surface area is 142 Å². The van der Waals surface area contributed by atoms with Crippen LogP contribution in [0.5, 0.6) is 0 Å². The van der Waals surface area contributed by atoms with Crippen molar-refractivity contribution >= 4 is 23.6 Å². The summed E-state index contributed by atoms with van der Waals surface area (Å²) in [5, 5.41) is 13.2. The zero-order valence-electron chi connectivity index (χ0n) is 14.0. The largest absolute Gasteiger partial charge is 0.309 e. The van der Waals surface area contributed by atoms with Crippen LogP contribution in [0.1, 0.15) is 64.2 Å². The van der Waals surface area contributed by atoms with Crippen LogP contribution in [0.2, 0.25) is 0 Å². The summed E-state index contributed by atoms with van der Waals surface area (Å²) < 4.78 is 0. The summed E-state index contributed by atoms with van der Waals surface area (Å²) in [6.07, 6.45) is 11.9. The second-order valence-electron chi connectivity index (χ2n) is 6.81. The van der Waals surface area contributed by atoms with E-state index in [1.807, 2.05) is 0 Å². The van der Waals surface area contributed by atoms with Gasteiger partial charge in [-0.3, -0.25) is 14.9 Å². The van der Waals surface area contributed by atoms with E-state index >= 15 is 0 Å². The molecule has 0 aliphatic heterocycles. The molecule has 2 N–H and O–H groups in total. The first-order chi connectivity index (χ1) is 11.7. The first-order valence-corrected chi connectivity index (χ1v) is 9.04. The Morgan fingerprint density at radius 1 is 0.833 bits per heavy atom. The lowest BCUT2D eigenvalue weighted by Gasteiger charge is -2.21. The molecule has 7 heteroatoms. The van der Waals surface area contributed by atoms with Gasteiger partial charge in [0.15, 0.2) is 5.82 Å². The number of amides is 2. The summed E-state index contributed by atoms with van der Waals surface area (Å²) in [5.74, 6) is 0.524. The smallest absolute Gasteiger partial charge is 0.251 e. The minimum Gasteiger partial charge on any atom is -0.309 e. The van der Waals surface area contributed by atoms with Gasteiger partial charge in [-0.2, -0.15) is 10.1 Å². The molecule has 7 nitrogen and oxygen atoms in total. The molecule has 0 radical (unpaired) electrons. The Bertz CT molecular complexity index is 533. The lowest BCUT2D eigenvalue weighted by atomic mass is 9.89. The second kappa shape index (κ2) is 8.17. The quantitative estimate of drug-likeness (QED) is 0.884. The Kier molecular flexibility index (Phi) is 5.72. The third-order valence-corrected chi connectivity index (χ3v) is 5.00. The number of hydrogen-bond donors (Lipinski definition) is 2. The zero-order chi connectivity index (χ0) is 16.8. The highest BCUT2D eigenvalue weighted by molar-refractivity contribution is 5.93. The summed E-state index contributed by atoms with van der Waals surface area (Å²) >= 11 is 0. The maximum absolute atomic E-state index is 12.3. The minimum atomic E-state index is -0.0488. The molecule has 0 spiro atoms. The van der Waals surface area contributed by atoms with E-state index in [1.165, 1.54) is 19.0 Å². The highest BCUT2D eigenvalue weighted by Gasteiger charge is 2.23. The van der Waals surface area contributed by atoms with Gasteiger partial charge in [-0.15, -0.1) is 5.10 Å². The number of carbonyl (C=O) groups is 2. The molecule has 2 amide bonds. The Morgan fingerprint density at radius 2 is 1.38 bits per heavy atom. The van der Waals surface area contributed by atoms with Gasteiger partial charge in [-0.05, 0) is 25.7 Å². The highest BCUT2D eigenvalue weighted by Crippen LogP contribution is 2.25. The van der Waals surface area contributed by atoms with Crippen LogP contribution in [0.4, 0.5) is 11.8 Å². The van der Waals surface area contributed by atoms with Crippen LogP contribution >= 0.6 is 0 Å². The fourth-order valence-electron chi connectivity index (χ4n) is 3.59. The molecule has 1 aromatic rings. The average Bonchev–Trinajstić information content (AvgIpc) is 2.63. The van der Waals surface area contributed by atoms with E-state index in [0.717, 1.165) is 51.4 Å². The molecule has 0 aromatic carbocycles. The molecule has 1 heterocycles. The zero-order valence-corrected chi connectivity index (χ0v) is 14.0. The van der Waals surface area contributed by atoms with Gasteiger partial charge in [-0.25, -0.2) is 0 Å². The van der Waals surface area contributed by atoms with E-state index in [9.17, 15) is 9.59 Å². The predicted molar refractivity (Wildman–Crippen MR) is 90.2 cm³/mol. The monoisotopic (exact) mass is 331 g/mol. The number of aromatic nitrogens is 3. The molecular weight excluding hydrogens is 306 g/mol. The first-order valence-electron chi connectivity index (χ1n) is 9.04. The Hall–Kier alpha value is -2.05. The molecule has 2 aliphatic carbocycles. The van der Waals surface area contributed by atoms with Crippen LogP contribution in [0.25, 0.3) is 0 Å². The van der Waals surface area contributed by atoms with E-state index < -0.39 is 0 Å². The van der Waals surface area contributed by atoms with Crippen molar-refractivity contribution in [1.82, 2.24) is 15.2 Å². The van der Waals surface area contributed by atoms with Crippen molar-refractivity contribution in [3.8, 4) is 0 Å². The number of carbonyl (C=O) groups excluding carboxylic acids is 2. The van der Waals surface area contributed by atoms with Crippen LogP contribution in [-0.4, -0.2) is 27.0 Å². The van der Waals surface area contributed by atoms with Crippen molar-refractivity contribution < 1.29 is 9.59 Å². The normalized spacial score (nSPS) is 19.7. The SMILES string of the molecule is O=C(Nc1cnnc(NC(=O)C2CCCCC2)n1)C1CCCCC1. The molecule has 0 bridgehead atoms. The third kappa shape index (κ3) is 4.49. The number of rotatable bonds is 4. The van der Waals surface area contributed by atoms with Gasteiger partial charge in [0.2, 0.25) is 11.8 Å². The van der Waals surface area contributed by atoms with Crippen molar-refractivity contribution in [2.45, 2.75) is 64.2 Å². The first kappa shape index (κ1) is 16.8. The predicted octanol–water partition coefficient (Wildman–Crippen LogP) is 2.91. The van der Waals surface area contributed by atoms with Gasteiger partial charge < -0.3 is 5.32 Å². The Morgan fingerprint density at radius 3 is 1.96 bits per heavy atom. The Balaban J connectivity index is 1.57. The summed E-state index contributed by atoms with van der Waals surface area (Å²) in [4.78, 5) is 28.7. The lowest BCUT2D eigenvalue weighted by molar-refractivity contribution is -0.121. The highest BCUT2D eigenvalue weighted by atomic mass is 16.2. The summed E-state index contributed by atoms with van der Waals surface area (Å²) in [6.45, 7) is 0. The van der Waals surface area contributed by atoms with E-state index in [-0.39, 0.29) is 29.6 Å². The van der Waals surface area contributed by atoms with E-state index in [4.69, 9.17) is 0 Å². The van der Waals surface area contributed by atoms with Gasteiger partial charge in [-0.1, -0.05) is 38.5 Å². The number of nitrogens with one attached hydrogen (secondary N) is 2. The van der Waals surface area contributed by atoms with Gasteiger partial charge in [0.05, 0.1) is 6.20 Å². The lowest BCUT2D eigenvalue weighted by Crippen LogP contribution is -2.27. The van der Waals surface area contributed by atoms with Crippen LogP contribution < -0.4 is 10.6 Å². The molecule has 0 unspecified atom stereocenters. The van der Waals surface area contributed by atoms with Crippen molar-refractivity contribution in [2.75, 3.05) is 10.6 Å². The fourth-order valence-corrected chi connectivity index (χ4v) is 3.59. The van der Waals surface area contributed by atoms with Crippen molar-refractivity contribution in [3.05, 3.63) is 6.20 Å². The molecule has 3 rings (SSSR count). The maximum Gasteiger partial charge on any atom is 0.251 e. The topological polar surface area (TPSA) is 96.9 Å². The van der Waals surface area contributed by atoms with Crippen molar-refractivity contribution in [2.24, 2.45) is 11.8 Å². The van der Waals surface area contributed by atoms with Crippen LogP contribution in [0.3, 0.4) is 0 Å². The maximum atomic E-state index is 12.3. The molecule has 24 heavy (non-hydrogen) atoms. The summed E-state index contributed by atoms with van der Waals surface area (Å²) in [6, 6.07) is 0. The van der Waals surface area contributed by atoms with Gasteiger partial charge in [0.1, 0.15) is 0 Å². The van der Waals surface area contributed by atoms with Gasteiger partial charge >= 0.3 is 0 Å². The van der Waals surface area contributed by atoms with E-state index in [1.54, 1.807) is 0 Å². The molecular formula is C17H25N5O2. The van der Waals surface area contributed by atoms with Crippen LogP contribution in [0, 0.1) is 11.8 Å². The molecule has 130 valence electrons. The molecule has 2 aliphatic rings. The average molecular weight is 331 g/mol. The standard InChI is InChI=1S/C17H25N5O2/c23-15(12-7-3-1-4-8-12)19-14-11-18-22-17(20-14)21-16(24)13-9-5-2-6-10-13/h11-13H,1-10H2,(H2,19,20,21,22,23,24). The van der Waals surface area contributed by atoms with E-state index in [0.29, 0.717) is 5.82 Å². The summed E-state index contributed by atoms with van der Waals surface area (Å²) in [5.41, 5.74) is 0. The number of anilines is 2. The van der Waals surface area contributed by atoms with E-state index in [2.05, 4.69) is 25.8 Å². The van der Waals surface area contributed by atoms with Crippen molar-refractivity contribution in [1.29, 1.82) is 0 Å². The molecule has 0 atom stereocenters. The third-order valence-electron chi connectivity index (χ3n) is 5.00. The fraction of sp³-hybridized carbons (Fsp3) is 0.706. The van der Waals surface area contributed by atoms with Crippen LogP contribution in [-0.2, 0) is 9.59 Å². The van der Waals surface area contributed by atoms with Crippen LogP contribution in [0.15, 0.2) is 6.20 Å². The van der Waals surface area contributed by atoms with Gasteiger partial charge in [0, 0.05) is 11.8 Å². The molecule has 0 saturated heterocycles. The number of nitrogens with zero attached hydrogens (tertiary/aromatic N) is 3. The van der Waals surface area contributed by atoms with Gasteiger partial charge in [0.25, 0.3) is 5.95 Å². The molecule has 1 aromatic heterocycles. The molecule has 2 fully saturated rings. The minimum absolute atomic E-state index is 0.0141. The second-order valence-corrected chi connectivity index (χ2v) is 6.81. The number of hydrogen-bond acceptors (Lipinski definition) is 5. The van der Waals surface area contributed by atoms with Crippen molar-refractivity contribution in [3.63, 3.8) is 0 Å². The molecule has 2 saturated carbocycles. The summed E-state index contributed by atoms with van der Waals surface area (Å²) in [7, 11) is 0.